The van der Waals surface area contributed by atoms with Crippen LogP contribution in [0, 0.1) is 0 Å². The minimum Gasteiger partial charge on any atom is -0.497 e. The molecule has 2 atom stereocenters. The Bertz CT molecular complexity index is 1150. The molecule has 36 heavy (non-hydrogen) atoms. The van der Waals surface area contributed by atoms with Crippen molar-refractivity contribution >= 4 is 34.7 Å². The zero-order valence-electron chi connectivity index (χ0n) is 20.0. The normalized spacial score (nSPS) is 15.6. The second kappa shape index (κ2) is 12.3. The van der Waals surface area contributed by atoms with Crippen LogP contribution >= 0.6 is 11.3 Å². The lowest BCUT2D eigenvalue weighted by Crippen LogP contribution is -2.48. The summed E-state index contributed by atoms with van der Waals surface area (Å²) in [6.07, 6.45) is 1.80. The molecule has 3 amide bonds. The number of benzene rings is 2. The van der Waals surface area contributed by atoms with Gasteiger partial charge in [0.2, 0.25) is 11.8 Å². The molecular formula is C27H29N3O5S. The molecule has 4 rings (SSSR count). The van der Waals surface area contributed by atoms with Gasteiger partial charge in [-0.25, -0.2) is 0 Å². The summed E-state index contributed by atoms with van der Waals surface area (Å²) in [7, 11) is 1.56. The maximum absolute atomic E-state index is 13.6. The van der Waals surface area contributed by atoms with Crippen LogP contribution in [0.1, 0.15) is 34.1 Å². The number of hydrogen-bond donors (Lipinski definition) is 2. The fourth-order valence-corrected chi connectivity index (χ4v) is 4.73. The molecule has 188 valence electrons. The van der Waals surface area contributed by atoms with E-state index in [0.717, 1.165) is 12.8 Å². The van der Waals surface area contributed by atoms with E-state index < -0.39 is 11.9 Å². The number of hydrogen-bond acceptors (Lipinski definition) is 6. The highest BCUT2D eigenvalue weighted by molar-refractivity contribution is 7.12. The molecule has 2 heterocycles. The predicted molar refractivity (Wildman–Crippen MR) is 138 cm³/mol. The number of nitrogens with zero attached hydrogens (tertiary/aromatic N) is 1. The number of carbonyl (C=O) groups excluding carboxylic acids is 3. The maximum atomic E-state index is 13.6. The van der Waals surface area contributed by atoms with Crippen LogP contribution in [-0.4, -0.2) is 50.6 Å². The average molecular weight is 508 g/mol. The second-order valence-electron chi connectivity index (χ2n) is 8.32. The van der Waals surface area contributed by atoms with Crippen LogP contribution in [-0.2, 0) is 14.3 Å². The van der Waals surface area contributed by atoms with Gasteiger partial charge < -0.3 is 20.1 Å². The van der Waals surface area contributed by atoms with Gasteiger partial charge in [-0.1, -0.05) is 36.4 Å². The average Bonchev–Trinajstić information content (AvgIpc) is 3.64. The van der Waals surface area contributed by atoms with Crippen molar-refractivity contribution in [3.8, 4) is 5.75 Å². The van der Waals surface area contributed by atoms with Crippen LogP contribution in [0.2, 0.25) is 0 Å². The van der Waals surface area contributed by atoms with Crippen molar-refractivity contribution in [2.24, 2.45) is 0 Å². The molecule has 1 fully saturated rings. The summed E-state index contributed by atoms with van der Waals surface area (Å²) in [5.74, 6) is -0.472. The van der Waals surface area contributed by atoms with E-state index >= 15 is 0 Å². The highest BCUT2D eigenvalue weighted by Crippen LogP contribution is 2.29. The van der Waals surface area contributed by atoms with Crippen LogP contribution in [0.4, 0.5) is 5.69 Å². The predicted octanol–water partition coefficient (Wildman–Crippen LogP) is 3.56. The monoisotopic (exact) mass is 507 g/mol. The first-order valence-corrected chi connectivity index (χ1v) is 12.7. The molecule has 0 aliphatic carbocycles. The Morgan fingerprint density at radius 3 is 2.47 bits per heavy atom. The second-order valence-corrected chi connectivity index (χ2v) is 9.26. The largest absolute Gasteiger partial charge is 0.497 e. The number of ether oxygens (including phenoxy) is 2. The molecule has 2 N–H and O–H groups in total. The Balaban J connectivity index is 1.63. The quantitative estimate of drug-likeness (QED) is 0.438. The van der Waals surface area contributed by atoms with Crippen LogP contribution in [0.5, 0.6) is 5.75 Å². The summed E-state index contributed by atoms with van der Waals surface area (Å²) in [5.41, 5.74) is 1.16. The number of carbonyl (C=O) groups is 3. The van der Waals surface area contributed by atoms with Crippen molar-refractivity contribution in [2.75, 3.05) is 31.7 Å². The molecule has 1 aromatic heterocycles. The van der Waals surface area contributed by atoms with Crippen molar-refractivity contribution in [3.63, 3.8) is 0 Å². The van der Waals surface area contributed by atoms with E-state index in [2.05, 4.69) is 10.6 Å². The highest BCUT2D eigenvalue weighted by Gasteiger charge is 2.33. The lowest BCUT2D eigenvalue weighted by molar-refractivity contribution is -0.126. The molecule has 0 spiro atoms. The van der Waals surface area contributed by atoms with Gasteiger partial charge in [-0.15, -0.1) is 11.3 Å². The molecule has 0 unspecified atom stereocenters. The number of nitrogens with one attached hydrogen (secondary N) is 2. The van der Waals surface area contributed by atoms with E-state index in [4.69, 9.17) is 9.47 Å². The molecule has 1 saturated heterocycles. The van der Waals surface area contributed by atoms with Crippen LogP contribution in [0.3, 0.4) is 0 Å². The molecular weight excluding hydrogens is 478 g/mol. The van der Waals surface area contributed by atoms with Gasteiger partial charge in [0.15, 0.2) is 0 Å². The summed E-state index contributed by atoms with van der Waals surface area (Å²) in [6.45, 7) is 0.774. The third kappa shape index (κ3) is 6.30. The highest BCUT2D eigenvalue weighted by atomic mass is 32.1. The Labute approximate surface area is 214 Å². The van der Waals surface area contributed by atoms with Crippen LogP contribution in [0.15, 0.2) is 72.1 Å². The van der Waals surface area contributed by atoms with Gasteiger partial charge in [0, 0.05) is 18.8 Å². The minimum absolute atomic E-state index is 0.0411. The van der Waals surface area contributed by atoms with E-state index in [1.165, 1.54) is 16.2 Å². The van der Waals surface area contributed by atoms with E-state index in [-0.39, 0.29) is 24.5 Å². The zero-order valence-corrected chi connectivity index (χ0v) is 20.8. The van der Waals surface area contributed by atoms with E-state index in [9.17, 15) is 14.4 Å². The number of methoxy groups -OCH3 is 1. The first kappa shape index (κ1) is 25.4. The Morgan fingerprint density at radius 1 is 1.06 bits per heavy atom. The van der Waals surface area contributed by atoms with Crippen molar-refractivity contribution in [3.05, 3.63) is 82.6 Å². The standard InChI is InChI=1S/C27H29N3O5S/c1-34-21-13-11-20(12-14-21)30(24(31)18-29-26(32)23-10-6-16-36-23)25(19-7-3-2-4-8-19)27(33)28-17-22-9-5-15-35-22/h2-4,6-8,10-14,16,22,25H,5,9,15,17-18H2,1H3,(H,28,33)(H,29,32)/t22-,25+/m1/s1. The van der Waals surface area contributed by atoms with Gasteiger partial charge in [0.05, 0.1) is 24.6 Å². The fraction of sp³-hybridized carbons (Fsp3) is 0.296. The van der Waals surface area contributed by atoms with Crippen molar-refractivity contribution in [1.29, 1.82) is 0 Å². The third-order valence-electron chi connectivity index (χ3n) is 5.91. The first-order valence-electron chi connectivity index (χ1n) is 11.8. The van der Waals surface area contributed by atoms with E-state index in [1.54, 1.807) is 48.9 Å². The zero-order chi connectivity index (χ0) is 25.3. The lowest BCUT2D eigenvalue weighted by atomic mass is 10.0. The molecule has 2 aromatic carbocycles. The number of thiophene rings is 1. The van der Waals surface area contributed by atoms with Crippen molar-refractivity contribution in [1.82, 2.24) is 10.6 Å². The smallest absolute Gasteiger partial charge is 0.261 e. The van der Waals surface area contributed by atoms with Crippen LogP contribution < -0.4 is 20.3 Å². The summed E-state index contributed by atoms with van der Waals surface area (Å²) >= 11 is 1.29. The van der Waals surface area contributed by atoms with E-state index in [1.807, 2.05) is 30.3 Å². The first-order chi connectivity index (χ1) is 17.6. The SMILES string of the molecule is COc1ccc(N(C(=O)CNC(=O)c2cccs2)[C@H](C(=O)NC[C@H]2CCCO2)c2ccccc2)cc1. The van der Waals surface area contributed by atoms with Gasteiger partial charge in [0.25, 0.3) is 5.91 Å². The Kier molecular flexibility index (Phi) is 8.70. The molecule has 9 heteroatoms. The molecule has 0 bridgehead atoms. The Hall–Kier alpha value is -3.69. The summed E-state index contributed by atoms with van der Waals surface area (Å²) < 4.78 is 10.9. The fourth-order valence-electron chi connectivity index (χ4n) is 4.09. The van der Waals surface area contributed by atoms with Crippen molar-refractivity contribution in [2.45, 2.75) is 25.0 Å². The molecule has 0 radical (unpaired) electrons. The summed E-state index contributed by atoms with van der Waals surface area (Å²) in [4.78, 5) is 41.7. The number of amides is 3. The summed E-state index contributed by atoms with van der Waals surface area (Å²) in [5, 5.41) is 7.45. The third-order valence-corrected chi connectivity index (χ3v) is 6.78. The molecule has 3 aromatic rings. The van der Waals surface area contributed by atoms with Gasteiger partial charge in [0.1, 0.15) is 11.8 Å². The Morgan fingerprint density at radius 2 is 1.83 bits per heavy atom. The number of anilines is 1. The molecule has 8 nitrogen and oxygen atoms in total. The van der Waals surface area contributed by atoms with Gasteiger partial charge in [-0.3, -0.25) is 19.3 Å². The van der Waals surface area contributed by atoms with Gasteiger partial charge in [-0.2, -0.15) is 0 Å². The molecule has 0 saturated carbocycles. The van der Waals surface area contributed by atoms with Crippen LogP contribution in [0.25, 0.3) is 0 Å². The lowest BCUT2D eigenvalue weighted by Gasteiger charge is -2.32. The number of rotatable bonds is 10. The van der Waals surface area contributed by atoms with Gasteiger partial charge in [-0.05, 0) is 54.1 Å². The topological polar surface area (TPSA) is 97.0 Å². The maximum Gasteiger partial charge on any atom is 0.261 e. The van der Waals surface area contributed by atoms with Crippen molar-refractivity contribution < 1.29 is 23.9 Å². The molecule has 1 aliphatic rings. The van der Waals surface area contributed by atoms with E-state index in [0.29, 0.717) is 35.0 Å². The minimum atomic E-state index is -0.952. The molecule has 1 aliphatic heterocycles. The summed E-state index contributed by atoms with van der Waals surface area (Å²) in [6, 6.07) is 18.5. The van der Waals surface area contributed by atoms with Gasteiger partial charge >= 0.3 is 0 Å².